The smallest absolute Gasteiger partial charge is 0.253 e. The number of hydrogen-bond acceptors (Lipinski definition) is 4. The first-order chi connectivity index (χ1) is 16.0. The molecule has 0 aromatic heterocycles. The van der Waals surface area contributed by atoms with Gasteiger partial charge in [0.1, 0.15) is 18.1 Å². The Morgan fingerprint density at radius 2 is 1.58 bits per heavy atom. The Bertz CT molecular complexity index is 1070. The van der Waals surface area contributed by atoms with Gasteiger partial charge in [0.2, 0.25) is 0 Å². The van der Waals surface area contributed by atoms with Gasteiger partial charge in [0.05, 0.1) is 7.11 Å². The lowest BCUT2D eigenvalue weighted by Crippen LogP contribution is -2.48. The summed E-state index contributed by atoms with van der Waals surface area (Å²) in [4.78, 5) is 17.5. The van der Waals surface area contributed by atoms with Crippen molar-refractivity contribution < 1.29 is 14.3 Å². The number of carbonyl (C=O) groups excluding carboxylic acids is 1. The van der Waals surface area contributed by atoms with Crippen LogP contribution < -0.4 is 9.47 Å². The molecule has 4 rings (SSSR count). The number of aryl methyl sites for hydroxylation is 2. The van der Waals surface area contributed by atoms with E-state index in [4.69, 9.17) is 9.47 Å². The van der Waals surface area contributed by atoms with E-state index < -0.39 is 0 Å². The zero-order chi connectivity index (χ0) is 23.2. The average Bonchev–Trinajstić information content (AvgIpc) is 2.82. The molecule has 1 aliphatic rings. The van der Waals surface area contributed by atoms with Gasteiger partial charge in [-0.25, -0.2) is 0 Å². The summed E-state index contributed by atoms with van der Waals surface area (Å²) in [6.07, 6.45) is 0. The molecule has 1 amide bonds. The molecule has 0 N–H and O–H groups in total. The van der Waals surface area contributed by atoms with E-state index in [0.717, 1.165) is 60.9 Å². The van der Waals surface area contributed by atoms with Crippen LogP contribution in [-0.2, 0) is 13.2 Å². The van der Waals surface area contributed by atoms with E-state index >= 15 is 0 Å². The van der Waals surface area contributed by atoms with Crippen molar-refractivity contribution in [3.8, 4) is 11.5 Å². The van der Waals surface area contributed by atoms with Crippen LogP contribution in [0.1, 0.15) is 32.6 Å². The van der Waals surface area contributed by atoms with E-state index in [-0.39, 0.29) is 5.91 Å². The highest BCUT2D eigenvalue weighted by Gasteiger charge is 2.23. The van der Waals surface area contributed by atoms with Gasteiger partial charge in [-0.15, -0.1) is 0 Å². The Kier molecular flexibility index (Phi) is 7.30. The van der Waals surface area contributed by atoms with Gasteiger partial charge in [-0.05, 0) is 60.9 Å². The third-order valence-corrected chi connectivity index (χ3v) is 6.03. The maximum absolute atomic E-state index is 13.2. The number of carbonyl (C=O) groups is 1. The highest BCUT2D eigenvalue weighted by Crippen LogP contribution is 2.24. The van der Waals surface area contributed by atoms with E-state index in [1.54, 1.807) is 7.11 Å². The first kappa shape index (κ1) is 22.9. The van der Waals surface area contributed by atoms with E-state index in [1.165, 1.54) is 5.56 Å². The summed E-state index contributed by atoms with van der Waals surface area (Å²) in [7, 11) is 1.64. The number of amides is 1. The highest BCUT2D eigenvalue weighted by molar-refractivity contribution is 5.94. The largest absolute Gasteiger partial charge is 0.496 e. The van der Waals surface area contributed by atoms with E-state index in [9.17, 15) is 4.79 Å². The van der Waals surface area contributed by atoms with Crippen LogP contribution in [0.2, 0.25) is 0 Å². The van der Waals surface area contributed by atoms with Crippen LogP contribution in [0.3, 0.4) is 0 Å². The molecular weight excluding hydrogens is 412 g/mol. The Labute approximate surface area is 196 Å². The number of ether oxygens (including phenoxy) is 2. The van der Waals surface area contributed by atoms with Gasteiger partial charge < -0.3 is 14.4 Å². The number of methoxy groups -OCH3 is 1. The maximum atomic E-state index is 13.2. The van der Waals surface area contributed by atoms with Crippen molar-refractivity contribution in [1.29, 1.82) is 0 Å². The fourth-order valence-electron chi connectivity index (χ4n) is 4.33. The van der Waals surface area contributed by atoms with Crippen LogP contribution >= 0.6 is 0 Å². The zero-order valence-corrected chi connectivity index (χ0v) is 19.7. The van der Waals surface area contributed by atoms with Crippen molar-refractivity contribution in [3.05, 3.63) is 94.5 Å². The maximum Gasteiger partial charge on any atom is 0.253 e. The van der Waals surface area contributed by atoms with Crippen molar-refractivity contribution in [2.45, 2.75) is 27.0 Å². The predicted molar refractivity (Wildman–Crippen MR) is 131 cm³/mol. The number of rotatable bonds is 7. The minimum absolute atomic E-state index is 0.0599. The summed E-state index contributed by atoms with van der Waals surface area (Å²) in [5.41, 5.74) is 5.16. The summed E-state index contributed by atoms with van der Waals surface area (Å²) < 4.78 is 11.6. The molecule has 1 saturated heterocycles. The average molecular weight is 445 g/mol. The van der Waals surface area contributed by atoms with Crippen LogP contribution in [0.4, 0.5) is 0 Å². The van der Waals surface area contributed by atoms with Crippen molar-refractivity contribution in [2.75, 3.05) is 33.3 Å². The molecule has 3 aromatic rings. The van der Waals surface area contributed by atoms with Gasteiger partial charge in [-0.1, -0.05) is 36.4 Å². The first-order valence-electron chi connectivity index (χ1n) is 11.5. The Morgan fingerprint density at radius 1 is 0.879 bits per heavy atom. The molecule has 0 bridgehead atoms. The SMILES string of the molecule is COc1ccc(C(=O)N2CCN(Cc3ccccc3)CC2)cc1COc1cc(C)cc(C)c1. The summed E-state index contributed by atoms with van der Waals surface area (Å²) in [5, 5.41) is 0. The van der Waals surface area contributed by atoms with Gasteiger partial charge in [0, 0.05) is 43.9 Å². The third kappa shape index (κ3) is 5.93. The summed E-state index contributed by atoms with van der Waals surface area (Å²) in [5.74, 6) is 1.61. The molecule has 3 aromatic carbocycles. The minimum atomic E-state index is 0.0599. The van der Waals surface area contributed by atoms with Crippen molar-refractivity contribution in [1.82, 2.24) is 9.80 Å². The van der Waals surface area contributed by atoms with E-state index in [2.05, 4.69) is 49.1 Å². The zero-order valence-electron chi connectivity index (χ0n) is 19.7. The Hall–Kier alpha value is -3.31. The summed E-state index contributed by atoms with van der Waals surface area (Å²) in [6, 6.07) is 22.2. The van der Waals surface area contributed by atoms with E-state index in [1.807, 2.05) is 41.3 Å². The van der Waals surface area contributed by atoms with Crippen LogP contribution in [0.15, 0.2) is 66.7 Å². The molecule has 33 heavy (non-hydrogen) atoms. The number of hydrogen-bond donors (Lipinski definition) is 0. The molecule has 0 radical (unpaired) electrons. The molecular formula is C28H32N2O3. The molecule has 0 saturated carbocycles. The molecule has 0 atom stereocenters. The number of benzene rings is 3. The van der Waals surface area contributed by atoms with Crippen LogP contribution in [-0.4, -0.2) is 49.0 Å². The standard InChI is InChI=1S/C28H32N2O3/c1-21-15-22(2)17-26(16-21)33-20-25-18-24(9-10-27(25)32-3)28(31)30-13-11-29(12-14-30)19-23-7-5-4-6-8-23/h4-10,15-18H,11-14,19-20H2,1-3H3. The molecule has 5 heteroatoms. The van der Waals surface area contributed by atoms with Gasteiger partial charge in [-0.2, -0.15) is 0 Å². The molecule has 0 aliphatic carbocycles. The van der Waals surface area contributed by atoms with Crippen LogP contribution in [0, 0.1) is 13.8 Å². The second kappa shape index (κ2) is 10.5. The van der Waals surface area contributed by atoms with Gasteiger partial charge >= 0.3 is 0 Å². The van der Waals surface area contributed by atoms with Crippen LogP contribution in [0.25, 0.3) is 0 Å². The third-order valence-electron chi connectivity index (χ3n) is 6.03. The molecule has 1 fully saturated rings. The van der Waals surface area contributed by atoms with Crippen molar-refractivity contribution in [3.63, 3.8) is 0 Å². The quantitative estimate of drug-likeness (QED) is 0.523. The van der Waals surface area contributed by atoms with Crippen molar-refractivity contribution in [2.24, 2.45) is 0 Å². The topological polar surface area (TPSA) is 42.0 Å². The number of piperazine rings is 1. The molecule has 0 unspecified atom stereocenters. The van der Waals surface area contributed by atoms with Gasteiger partial charge in [-0.3, -0.25) is 9.69 Å². The normalized spacial score (nSPS) is 14.2. The number of nitrogens with zero attached hydrogens (tertiary/aromatic N) is 2. The first-order valence-corrected chi connectivity index (χ1v) is 11.5. The molecule has 1 aliphatic heterocycles. The molecule has 1 heterocycles. The lowest BCUT2D eigenvalue weighted by Gasteiger charge is -2.35. The van der Waals surface area contributed by atoms with Crippen LogP contribution in [0.5, 0.6) is 11.5 Å². The fourth-order valence-corrected chi connectivity index (χ4v) is 4.33. The lowest BCUT2D eigenvalue weighted by molar-refractivity contribution is 0.0628. The Balaban J connectivity index is 1.39. The predicted octanol–water partition coefficient (Wildman–Crippen LogP) is 4.85. The van der Waals surface area contributed by atoms with Gasteiger partial charge in [0.25, 0.3) is 5.91 Å². The second-order valence-corrected chi connectivity index (χ2v) is 8.69. The highest BCUT2D eigenvalue weighted by atomic mass is 16.5. The monoisotopic (exact) mass is 444 g/mol. The molecule has 0 spiro atoms. The van der Waals surface area contributed by atoms with Crippen molar-refractivity contribution >= 4 is 5.91 Å². The molecule has 172 valence electrons. The summed E-state index contributed by atoms with van der Waals surface area (Å²) in [6.45, 7) is 8.58. The molecule has 5 nitrogen and oxygen atoms in total. The minimum Gasteiger partial charge on any atom is -0.496 e. The summed E-state index contributed by atoms with van der Waals surface area (Å²) >= 11 is 0. The lowest BCUT2D eigenvalue weighted by atomic mass is 10.1. The van der Waals surface area contributed by atoms with E-state index in [0.29, 0.717) is 12.2 Å². The Morgan fingerprint density at radius 3 is 2.24 bits per heavy atom. The fraction of sp³-hybridized carbons (Fsp3) is 0.321. The van der Waals surface area contributed by atoms with Gasteiger partial charge in [0.15, 0.2) is 0 Å². The second-order valence-electron chi connectivity index (χ2n) is 8.69.